The minimum Gasteiger partial charge on any atom is -0.481 e. The van der Waals surface area contributed by atoms with Gasteiger partial charge in [0.1, 0.15) is 6.61 Å². The van der Waals surface area contributed by atoms with Crippen LogP contribution in [-0.2, 0) is 14.3 Å². The molecule has 1 aliphatic rings. The largest absolute Gasteiger partial charge is 0.481 e. The molecule has 92 valence electrons. The highest BCUT2D eigenvalue weighted by molar-refractivity contribution is 5.79. The van der Waals surface area contributed by atoms with Crippen LogP contribution in [0.1, 0.15) is 6.92 Å². The van der Waals surface area contributed by atoms with Gasteiger partial charge in [-0.1, -0.05) is 6.92 Å². The van der Waals surface area contributed by atoms with Crippen molar-refractivity contribution in [2.45, 2.75) is 6.92 Å². The molecule has 0 radical (unpaired) electrons. The number of aliphatic carboxylic acids is 1. The number of nitrogens with zero attached hydrogens (tertiary/aromatic N) is 1. The monoisotopic (exact) mass is 230 g/mol. The van der Waals surface area contributed by atoms with E-state index in [1.165, 1.54) is 0 Å². The average Bonchev–Trinajstić information content (AvgIpc) is 2.60. The zero-order valence-corrected chi connectivity index (χ0v) is 9.39. The van der Waals surface area contributed by atoms with E-state index in [0.717, 1.165) is 0 Å². The van der Waals surface area contributed by atoms with E-state index in [4.69, 9.17) is 15.6 Å². The predicted molar refractivity (Wildman–Crippen MR) is 56.7 cm³/mol. The maximum Gasteiger partial charge on any atom is 0.308 e. The van der Waals surface area contributed by atoms with Gasteiger partial charge in [0.05, 0.1) is 12.5 Å². The average molecular weight is 230 g/mol. The molecule has 1 amide bonds. The van der Waals surface area contributed by atoms with Gasteiger partial charge >= 0.3 is 5.97 Å². The van der Waals surface area contributed by atoms with Gasteiger partial charge in [0.15, 0.2) is 0 Å². The van der Waals surface area contributed by atoms with Crippen molar-refractivity contribution in [3.63, 3.8) is 0 Å². The first-order valence-corrected chi connectivity index (χ1v) is 5.34. The van der Waals surface area contributed by atoms with Crippen LogP contribution in [-0.4, -0.2) is 54.7 Å². The predicted octanol–water partition coefficient (Wildman–Crippen LogP) is -0.859. The van der Waals surface area contributed by atoms with E-state index in [2.05, 4.69) is 0 Å². The molecule has 1 aliphatic heterocycles. The van der Waals surface area contributed by atoms with Crippen LogP contribution < -0.4 is 5.73 Å². The summed E-state index contributed by atoms with van der Waals surface area (Å²) in [6.07, 6.45) is 0. The van der Waals surface area contributed by atoms with Gasteiger partial charge in [0.25, 0.3) is 0 Å². The number of carbonyl (C=O) groups is 2. The fourth-order valence-corrected chi connectivity index (χ4v) is 1.83. The van der Waals surface area contributed by atoms with Crippen LogP contribution >= 0.6 is 0 Å². The van der Waals surface area contributed by atoms with Crippen molar-refractivity contribution in [2.75, 3.05) is 32.8 Å². The molecular weight excluding hydrogens is 212 g/mol. The second kappa shape index (κ2) is 5.81. The number of carbonyl (C=O) groups excluding carboxylic acids is 1. The molecule has 0 aliphatic carbocycles. The molecule has 2 atom stereocenters. The number of hydrogen-bond donors (Lipinski definition) is 2. The molecule has 0 aromatic heterocycles. The number of likely N-dealkylation sites (tertiary alicyclic amines) is 1. The maximum absolute atomic E-state index is 11.6. The van der Waals surface area contributed by atoms with Crippen molar-refractivity contribution in [3.8, 4) is 0 Å². The summed E-state index contributed by atoms with van der Waals surface area (Å²) in [4.78, 5) is 24.0. The summed E-state index contributed by atoms with van der Waals surface area (Å²) >= 11 is 0. The van der Waals surface area contributed by atoms with Gasteiger partial charge < -0.3 is 20.5 Å². The highest BCUT2D eigenvalue weighted by atomic mass is 16.5. The van der Waals surface area contributed by atoms with E-state index >= 15 is 0 Å². The molecule has 1 rings (SSSR count). The second-order valence-electron chi connectivity index (χ2n) is 4.06. The van der Waals surface area contributed by atoms with Crippen molar-refractivity contribution in [1.82, 2.24) is 4.90 Å². The van der Waals surface area contributed by atoms with Gasteiger partial charge in [-0.15, -0.1) is 0 Å². The van der Waals surface area contributed by atoms with Crippen LogP contribution in [0.5, 0.6) is 0 Å². The summed E-state index contributed by atoms with van der Waals surface area (Å²) in [5.41, 5.74) is 5.22. The number of nitrogens with two attached hydrogens (primary N) is 1. The van der Waals surface area contributed by atoms with Crippen molar-refractivity contribution in [3.05, 3.63) is 0 Å². The van der Waals surface area contributed by atoms with Crippen LogP contribution in [0.25, 0.3) is 0 Å². The number of carboxylic acids is 1. The molecule has 0 aromatic carbocycles. The van der Waals surface area contributed by atoms with Gasteiger partial charge in [0, 0.05) is 19.6 Å². The van der Waals surface area contributed by atoms with E-state index < -0.39 is 11.9 Å². The van der Waals surface area contributed by atoms with Crippen LogP contribution in [0, 0.1) is 11.8 Å². The number of hydrogen-bond acceptors (Lipinski definition) is 4. The third-order valence-corrected chi connectivity index (χ3v) is 2.77. The molecule has 6 nitrogen and oxygen atoms in total. The van der Waals surface area contributed by atoms with Gasteiger partial charge in [-0.05, 0) is 5.92 Å². The molecule has 16 heavy (non-hydrogen) atoms. The Balaban J connectivity index is 2.39. The Bertz CT molecular complexity index is 270. The number of carboxylic acid groups (broad SMARTS) is 1. The van der Waals surface area contributed by atoms with Crippen molar-refractivity contribution in [1.29, 1.82) is 0 Å². The lowest BCUT2D eigenvalue weighted by Crippen LogP contribution is -2.33. The second-order valence-corrected chi connectivity index (χ2v) is 4.06. The molecule has 0 aromatic rings. The van der Waals surface area contributed by atoms with E-state index in [0.29, 0.717) is 19.7 Å². The third-order valence-electron chi connectivity index (χ3n) is 2.77. The molecule has 0 spiro atoms. The molecule has 0 bridgehead atoms. The van der Waals surface area contributed by atoms with Crippen molar-refractivity contribution < 1.29 is 19.4 Å². The fraction of sp³-hybridized carbons (Fsp3) is 0.800. The Labute approximate surface area is 94.3 Å². The Hall–Kier alpha value is -1.14. The summed E-state index contributed by atoms with van der Waals surface area (Å²) < 4.78 is 5.02. The number of ether oxygens (including phenoxy) is 1. The lowest BCUT2D eigenvalue weighted by atomic mass is 9.99. The Morgan fingerprint density at radius 1 is 1.50 bits per heavy atom. The van der Waals surface area contributed by atoms with E-state index in [9.17, 15) is 9.59 Å². The molecule has 0 saturated carbocycles. The minimum absolute atomic E-state index is 0.00374. The summed E-state index contributed by atoms with van der Waals surface area (Å²) in [5, 5.41) is 8.91. The molecule has 0 unspecified atom stereocenters. The SMILES string of the molecule is C[C@@H]1CN(C(=O)COCCN)C[C@H]1C(=O)O. The van der Waals surface area contributed by atoms with Gasteiger partial charge in [-0.25, -0.2) is 0 Å². The van der Waals surface area contributed by atoms with E-state index in [1.54, 1.807) is 4.90 Å². The quantitative estimate of drug-likeness (QED) is 0.599. The zero-order chi connectivity index (χ0) is 12.1. The molecular formula is C10H18N2O4. The summed E-state index contributed by atoms with van der Waals surface area (Å²) in [7, 11) is 0. The standard InChI is InChI=1S/C10H18N2O4/c1-7-4-12(5-8(7)10(14)15)9(13)6-16-3-2-11/h7-8H,2-6,11H2,1H3,(H,14,15)/t7-,8-/m1/s1. The first-order valence-electron chi connectivity index (χ1n) is 5.34. The first-order chi connectivity index (χ1) is 7.56. The lowest BCUT2D eigenvalue weighted by molar-refractivity contribution is -0.142. The van der Waals surface area contributed by atoms with Gasteiger partial charge in [0.2, 0.25) is 5.91 Å². The Kier molecular flexibility index (Phi) is 4.70. The van der Waals surface area contributed by atoms with Crippen LogP contribution in [0.4, 0.5) is 0 Å². The van der Waals surface area contributed by atoms with E-state index in [-0.39, 0.29) is 25.0 Å². The van der Waals surface area contributed by atoms with Crippen LogP contribution in [0.15, 0.2) is 0 Å². The summed E-state index contributed by atoms with van der Waals surface area (Å²) in [5.74, 6) is -1.47. The van der Waals surface area contributed by atoms with Crippen molar-refractivity contribution in [2.24, 2.45) is 17.6 Å². The molecule has 1 saturated heterocycles. The zero-order valence-electron chi connectivity index (χ0n) is 9.39. The van der Waals surface area contributed by atoms with Crippen LogP contribution in [0.3, 0.4) is 0 Å². The Morgan fingerprint density at radius 2 is 2.19 bits per heavy atom. The Morgan fingerprint density at radius 3 is 2.69 bits per heavy atom. The highest BCUT2D eigenvalue weighted by Gasteiger charge is 2.36. The highest BCUT2D eigenvalue weighted by Crippen LogP contribution is 2.22. The smallest absolute Gasteiger partial charge is 0.308 e. The van der Waals surface area contributed by atoms with Crippen molar-refractivity contribution >= 4 is 11.9 Å². The summed E-state index contributed by atoms with van der Waals surface area (Å²) in [6, 6.07) is 0. The fourth-order valence-electron chi connectivity index (χ4n) is 1.83. The van der Waals surface area contributed by atoms with E-state index in [1.807, 2.05) is 6.92 Å². The van der Waals surface area contributed by atoms with Gasteiger partial charge in [-0.3, -0.25) is 9.59 Å². The molecule has 3 N–H and O–H groups in total. The molecule has 1 heterocycles. The summed E-state index contributed by atoms with van der Waals surface area (Å²) in [6.45, 7) is 3.31. The third kappa shape index (κ3) is 3.18. The normalized spacial score (nSPS) is 24.8. The molecule has 1 fully saturated rings. The maximum atomic E-state index is 11.6. The lowest BCUT2D eigenvalue weighted by Gasteiger charge is -2.15. The number of rotatable bonds is 5. The first kappa shape index (κ1) is 12.9. The van der Waals surface area contributed by atoms with Crippen LogP contribution in [0.2, 0.25) is 0 Å². The molecule has 6 heteroatoms. The topological polar surface area (TPSA) is 92.9 Å². The number of amides is 1. The minimum atomic E-state index is -0.842. The van der Waals surface area contributed by atoms with Gasteiger partial charge in [-0.2, -0.15) is 0 Å².